The van der Waals surface area contributed by atoms with E-state index in [1.54, 1.807) is 17.7 Å². The van der Waals surface area contributed by atoms with Crippen molar-refractivity contribution >= 4 is 44.4 Å². The predicted octanol–water partition coefficient (Wildman–Crippen LogP) is 1.97. The largest absolute Gasteiger partial charge is 0.470 e. The van der Waals surface area contributed by atoms with E-state index in [4.69, 9.17) is 19.9 Å². The number of fused-ring (bicyclic) bond motifs is 1. The monoisotopic (exact) mass is 615 g/mol. The Morgan fingerprint density at radius 2 is 1.82 bits per heavy atom. The number of rotatable bonds is 14. The lowest BCUT2D eigenvalue weighted by Gasteiger charge is -2.39. The number of nitrogens with two attached hydrogens (primary N) is 1. The number of aliphatic hydroxyl groups excluding tert-OH is 4. The summed E-state index contributed by atoms with van der Waals surface area (Å²) in [5.41, 5.74) is 7.18. The zero-order chi connectivity index (χ0) is 27.1. The molecule has 1 saturated heterocycles. The summed E-state index contributed by atoms with van der Waals surface area (Å²) >= 11 is 5.03. The van der Waals surface area contributed by atoms with Gasteiger partial charge in [0.2, 0.25) is 11.8 Å². The van der Waals surface area contributed by atoms with Crippen LogP contribution >= 0.6 is 27.3 Å². The highest BCUT2D eigenvalue weighted by Gasteiger charge is 2.43. The van der Waals surface area contributed by atoms with Gasteiger partial charge in [-0.1, -0.05) is 25.7 Å². The summed E-state index contributed by atoms with van der Waals surface area (Å²) in [6, 6.07) is 2.00. The molecular formula is C24H34BrN5O7S. The molecule has 14 heteroatoms. The van der Waals surface area contributed by atoms with E-state index in [9.17, 15) is 20.4 Å². The minimum Gasteiger partial charge on any atom is -0.470 e. The van der Waals surface area contributed by atoms with Gasteiger partial charge in [-0.05, 0) is 34.8 Å². The van der Waals surface area contributed by atoms with Crippen LogP contribution in [0.15, 0.2) is 22.2 Å². The van der Waals surface area contributed by atoms with Crippen molar-refractivity contribution in [2.75, 3.05) is 18.9 Å². The second-order valence-electron chi connectivity index (χ2n) is 9.21. The van der Waals surface area contributed by atoms with Gasteiger partial charge in [-0.3, -0.25) is 0 Å². The van der Waals surface area contributed by atoms with Gasteiger partial charge in [0.05, 0.1) is 12.9 Å². The molecule has 4 heterocycles. The summed E-state index contributed by atoms with van der Waals surface area (Å²) < 4.78 is 19.7. The Hall–Kier alpha value is -1.91. The quantitative estimate of drug-likeness (QED) is 0.167. The van der Waals surface area contributed by atoms with Crippen LogP contribution in [0.25, 0.3) is 11.2 Å². The third-order valence-electron chi connectivity index (χ3n) is 6.35. The molecule has 12 nitrogen and oxygen atoms in total. The van der Waals surface area contributed by atoms with Crippen LogP contribution in [0.1, 0.15) is 43.4 Å². The Kier molecular flexibility index (Phi) is 10.7. The van der Waals surface area contributed by atoms with E-state index in [-0.39, 0.29) is 5.95 Å². The van der Waals surface area contributed by atoms with Gasteiger partial charge in [0.15, 0.2) is 17.5 Å². The van der Waals surface area contributed by atoms with Crippen LogP contribution in [-0.2, 0) is 22.6 Å². The number of nitrogens with zero attached hydrogens (tertiary/aromatic N) is 4. The fourth-order valence-electron chi connectivity index (χ4n) is 4.26. The van der Waals surface area contributed by atoms with Gasteiger partial charge >= 0.3 is 0 Å². The second kappa shape index (κ2) is 13.9. The number of aliphatic hydroxyl groups is 4. The zero-order valence-corrected chi connectivity index (χ0v) is 23.3. The van der Waals surface area contributed by atoms with E-state index in [2.05, 4.69) is 30.9 Å². The summed E-state index contributed by atoms with van der Waals surface area (Å²) in [6.45, 7) is 1.01. The Morgan fingerprint density at radius 3 is 2.55 bits per heavy atom. The molecule has 6 N–H and O–H groups in total. The lowest BCUT2D eigenvalue weighted by Crippen LogP contribution is -2.59. The number of nitrogen functional groups attached to an aromatic ring is 1. The van der Waals surface area contributed by atoms with Crippen molar-refractivity contribution in [1.29, 1.82) is 0 Å². The molecule has 0 aromatic carbocycles. The first-order chi connectivity index (χ1) is 18.4. The maximum absolute atomic E-state index is 10.00. The van der Waals surface area contributed by atoms with Gasteiger partial charge in [-0.2, -0.15) is 9.97 Å². The van der Waals surface area contributed by atoms with E-state index in [0.29, 0.717) is 30.3 Å². The van der Waals surface area contributed by atoms with Crippen LogP contribution in [0.2, 0.25) is 0 Å². The summed E-state index contributed by atoms with van der Waals surface area (Å²) in [6.07, 6.45) is 1.31. The second-order valence-corrected chi connectivity index (χ2v) is 11.1. The highest BCUT2D eigenvalue weighted by atomic mass is 79.9. The highest BCUT2D eigenvalue weighted by molar-refractivity contribution is 9.10. The molecule has 0 unspecified atom stereocenters. The summed E-state index contributed by atoms with van der Waals surface area (Å²) in [7, 11) is 0. The van der Waals surface area contributed by atoms with Crippen LogP contribution in [0.3, 0.4) is 0 Å². The fourth-order valence-corrected chi connectivity index (χ4v) is 5.63. The molecule has 5 atom stereocenters. The Morgan fingerprint density at radius 1 is 1.05 bits per heavy atom. The molecule has 1 fully saturated rings. The third kappa shape index (κ3) is 7.39. The van der Waals surface area contributed by atoms with Gasteiger partial charge in [-0.25, -0.2) is 4.98 Å². The standard InChI is InChI=1S/C24H34BrN5O7S/c25-14-9-15(38-12-14)11-36-22-17-21(28-24(26)29-22)30(13-27-17)7-5-3-1-2-4-6-8-35-23-20(34)19(33)18(32)16(10-31)37-23/h9,12-13,16,18-20,23,31-34H,1-8,10-11H2,(H2,26,28,29)/t16-,18+,19+,20-,23+/m0/s1. The van der Waals surface area contributed by atoms with Crippen LogP contribution < -0.4 is 10.5 Å². The van der Waals surface area contributed by atoms with Crippen LogP contribution in [-0.4, -0.2) is 83.9 Å². The molecule has 0 aliphatic carbocycles. The average molecular weight is 617 g/mol. The van der Waals surface area contributed by atoms with Crippen molar-refractivity contribution in [1.82, 2.24) is 19.5 Å². The van der Waals surface area contributed by atoms with Gasteiger partial charge < -0.3 is 44.9 Å². The summed E-state index contributed by atoms with van der Waals surface area (Å²) in [5.74, 6) is 0.522. The SMILES string of the molecule is Nc1nc(OCc2cc(Br)cs2)c2ncn(CCCCCCCCO[C@@H]3O[C@@H](CO)[C@@H](O)[C@@H](O)[C@@H]3O)c2n1. The van der Waals surface area contributed by atoms with Crippen molar-refractivity contribution in [3.05, 3.63) is 27.1 Å². The lowest BCUT2D eigenvalue weighted by molar-refractivity contribution is -0.301. The van der Waals surface area contributed by atoms with E-state index in [1.807, 2.05) is 16.0 Å². The minimum absolute atomic E-state index is 0.146. The van der Waals surface area contributed by atoms with Crippen LogP contribution in [0.4, 0.5) is 5.95 Å². The predicted molar refractivity (Wildman–Crippen MR) is 144 cm³/mol. The Bertz CT molecular complexity index is 1160. The first-order valence-corrected chi connectivity index (χ1v) is 14.3. The molecule has 1 aliphatic heterocycles. The van der Waals surface area contributed by atoms with Crippen molar-refractivity contribution in [2.24, 2.45) is 0 Å². The van der Waals surface area contributed by atoms with Crippen molar-refractivity contribution < 1.29 is 34.6 Å². The molecule has 210 valence electrons. The number of unbranched alkanes of at least 4 members (excludes halogenated alkanes) is 5. The Labute approximate surface area is 232 Å². The van der Waals surface area contributed by atoms with Gasteiger partial charge in [0.1, 0.15) is 31.0 Å². The zero-order valence-electron chi connectivity index (χ0n) is 20.9. The molecule has 0 amide bonds. The molecule has 0 spiro atoms. The minimum atomic E-state index is -1.42. The number of aryl methyl sites for hydroxylation is 1. The normalized spacial score (nSPS) is 23.8. The molecule has 0 radical (unpaired) electrons. The van der Waals surface area contributed by atoms with Crippen molar-refractivity contribution in [3.63, 3.8) is 0 Å². The van der Waals surface area contributed by atoms with E-state index in [0.717, 1.165) is 54.4 Å². The number of thiophene rings is 1. The first kappa shape index (κ1) is 29.1. The lowest BCUT2D eigenvalue weighted by atomic mass is 9.99. The highest BCUT2D eigenvalue weighted by Crippen LogP contribution is 2.26. The summed E-state index contributed by atoms with van der Waals surface area (Å²) in [4.78, 5) is 14.1. The molecule has 3 aromatic rings. The number of aromatic nitrogens is 4. The first-order valence-electron chi connectivity index (χ1n) is 12.6. The third-order valence-corrected chi connectivity index (χ3v) is 8.02. The van der Waals surface area contributed by atoms with Crippen molar-refractivity contribution in [2.45, 2.75) is 82.4 Å². The number of ether oxygens (including phenoxy) is 3. The summed E-state index contributed by atoms with van der Waals surface area (Å²) in [5, 5.41) is 40.9. The topological polar surface area (TPSA) is 178 Å². The number of anilines is 1. The number of halogens is 1. The maximum atomic E-state index is 10.00. The number of imidazole rings is 1. The maximum Gasteiger partial charge on any atom is 0.247 e. The molecular weight excluding hydrogens is 582 g/mol. The van der Waals surface area contributed by atoms with Crippen LogP contribution in [0, 0.1) is 0 Å². The van der Waals surface area contributed by atoms with E-state index < -0.39 is 37.3 Å². The van der Waals surface area contributed by atoms with Gasteiger partial charge in [0.25, 0.3) is 0 Å². The van der Waals surface area contributed by atoms with Gasteiger partial charge in [-0.15, -0.1) is 11.3 Å². The average Bonchev–Trinajstić information content (AvgIpc) is 3.51. The molecule has 0 bridgehead atoms. The van der Waals surface area contributed by atoms with Gasteiger partial charge in [0, 0.05) is 27.9 Å². The number of hydrogen-bond donors (Lipinski definition) is 5. The van der Waals surface area contributed by atoms with Crippen LogP contribution in [0.5, 0.6) is 5.88 Å². The molecule has 1 aliphatic rings. The number of hydrogen-bond acceptors (Lipinski definition) is 12. The molecule has 0 saturated carbocycles. The smallest absolute Gasteiger partial charge is 0.247 e. The molecule has 4 rings (SSSR count). The van der Waals surface area contributed by atoms with E-state index >= 15 is 0 Å². The van der Waals surface area contributed by atoms with E-state index in [1.165, 1.54) is 0 Å². The Balaban J connectivity index is 1.14. The fraction of sp³-hybridized carbons (Fsp3) is 0.625. The molecule has 38 heavy (non-hydrogen) atoms. The van der Waals surface area contributed by atoms with Crippen molar-refractivity contribution in [3.8, 4) is 5.88 Å². The molecule has 3 aromatic heterocycles.